The number of carbonyl (C=O) groups excluding carboxylic acids is 6. The van der Waals surface area contributed by atoms with Crippen molar-refractivity contribution in [2.45, 2.75) is 27.7 Å². The van der Waals surface area contributed by atoms with Gasteiger partial charge in [-0.1, -0.05) is 0 Å². The van der Waals surface area contributed by atoms with E-state index < -0.39 is 11.8 Å². The van der Waals surface area contributed by atoms with Crippen molar-refractivity contribution in [2.24, 2.45) is 0 Å². The maximum absolute atomic E-state index is 13.8. The maximum atomic E-state index is 13.8. The Kier molecular flexibility index (Phi) is 16.1. The summed E-state index contributed by atoms with van der Waals surface area (Å²) in [6, 6.07) is 50.1. The summed E-state index contributed by atoms with van der Waals surface area (Å²) in [7, 11) is 0. The minimum atomic E-state index is -0.453. The second-order valence-electron chi connectivity index (χ2n) is 16.7. The third-order valence-electron chi connectivity index (χ3n) is 10.4. The van der Waals surface area contributed by atoms with Gasteiger partial charge in [0.15, 0.2) is 0 Å². The molecular weight excluding hydrogens is 957 g/mol. The molecule has 376 valence electrons. The average Bonchev–Trinajstić information content (AvgIpc) is 3.37. The first-order valence-electron chi connectivity index (χ1n) is 23.2. The maximum Gasteiger partial charge on any atom is 0.255 e. The van der Waals surface area contributed by atoms with E-state index in [4.69, 9.17) is 23.7 Å². The monoisotopic (exact) mass is 1000 g/mol. The molecule has 17 heteroatoms. The molecule has 0 spiro atoms. The number of anilines is 6. The number of amides is 6. The summed E-state index contributed by atoms with van der Waals surface area (Å²) in [4.78, 5) is 73.5. The first kappa shape index (κ1) is 51.0. The summed E-state index contributed by atoms with van der Waals surface area (Å²) in [5.41, 5.74) is 3.78. The summed E-state index contributed by atoms with van der Waals surface area (Å²) in [5.74, 6) is 2.23. The van der Waals surface area contributed by atoms with Crippen LogP contribution in [0.15, 0.2) is 182 Å². The van der Waals surface area contributed by atoms with Crippen LogP contribution in [0.5, 0.6) is 57.5 Å². The fraction of sp³-hybridized carbons (Fsp3) is 0.0690. The Morgan fingerprint density at radius 1 is 0.240 bits per heavy atom. The molecule has 0 saturated heterocycles. The van der Waals surface area contributed by atoms with E-state index in [1.165, 1.54) is 27.7 Å². The van der Waals surface area contributed by atoms with Gasteiger partial charge in [0, 0.05) is 85.1 Å². The molecule has 6 amide bonds. The third-order valence-corrected chi connectivity index (χ3v) is 10.4. The van der Waals surface area contributed by atoms with Crippen LogP contribution in [0.3, 0.4) is 0 Å². The summed E-state index contributed by atoms with van der Waals surface area (Å²) in [6.07, 6.45) is 0. The Morgan fingerprint density at radius 3 is 0.600 bits per heavy atom. The number of nitrogens with one attached hydrogen (secondary N) is 6. The molecule has 0 aliphatic rings. The van der Waals surface area contributed by atoms with E-state index in [2.05, 4.69) is 31.9 Å². The number of rotatable bonds is 18. The molecule has 0 aliphatic carbocycles. The van der Waals surface area contributed by atoms with Gasteiger partial charge in [-0.25, -0.2) is 0 Å². The number of ether oxygens (including phenoxy) is 5. The largest absolute Gasteiger partial charge is 0.457 e. The molecule has 0 aliphatic heterocycles. The van der Waals surface area contributed by atoms with Crippen LogP contribution in [0, 0.1) is 0 Å². The van der Waals surface area contributed by atoms with Crippen molar-refractivity contribution in [1.82, 2.24) is 0 Å². The topological polar surface area (TPSA) is 221 Å². The first-order chi connectivity index (χ1) is 36.1. The smallest absolute Gasteiger partial charge is 0.255 e. The van der Waals surface area contributed by atoms with Crippen LogP contribution in [0.4, 0.5) is 34.1 Å². The molecule has 8 rings (SSSR count). The minimum Gasteiger partial charge on any atom is -0.457 e. The van der Waals surface area contributed by atoms with Gasteiger partial charge in [0.25, 0.3) is 11.8 Å². The van der Waals surface area contributed by atoms with E-state index in [1.54, 1.807) is 182 Å². The van der Waals surface area contributed by atoms with E-state index in [-0.39, 0.29) is 34.8 Å². The molecule has 0 heterocycles. The Balaban J connectivity index is 0.922. The molecule has 8 aromatic rings. The molecule has 0 radical (unpaired) electrons. The van der Waals surface area contributed by atoms with Crippen molar-refractivity contribution in [3.8, 4) is 57.5 Å². The highest BCUT2D eigenvalue weighted by Gasteiger charge is 2.16. The van der Waals surface area contributed by atoms with Gasteiger partial charge in [0.2, 0.25) is 23.6 Å². The lowest BCUT2D eigenvalue weighted by Gasteiger charge is -2.14. The highest BCUT2D eigenvalue weighted by molar-refractivity contribution is 6.05. The molecule has 0 aromatic heterocycles. The quantitative estimate of drug-likeness (QED) is 0.0475. The summed E-state index contributed by atoms with van der Waals surface area (Å²) < 4.78 is 30.6. The van der Waals surface area contributed by atoms with Crippen molar-refractivity contribution in [3.05, 3.63) is 193 Å². The van der Waals surface area contributed by atoms with Gasteiger partial charge in [-0.05, 0) is 170 Å². The number of hydrogen-bond donors (Lipinski definition) is 6. The van der Waals surface area contributed by atoms with Crippen LogP contribution < -0.4 is 55.6 Å². The Hall–Kier alpha value is -10.4. The molecule has 75 heavy (non-hydrogen) atoms. The molecular formula is C58H48N6O11. The molecule has 0 fully saturated rings. The zero-order chi connectivity index (χ0) is 52.8. The lowest BCUT2D eigenvalue weighted by Crippen LogP contribution is -2.12. The van der Waals surface area contributed by atoms with Crippen molar-refractivity contribution >= 4 is 69.6 Å². The van der Waals surface area contributed by atoms with Gasteiger partial charge in [-0.2, -0.15) is 0 Å². The van der Waals surface area contributed by atoms with E-state index >= 15 is 0 Å². The summed E-state index contributed by atoms with van der Waals surface area (Å²) in [5, 5.41) is 16.6. The van der Waals surface area contributed by atoms with E-state index in [1.807, 2.05) is 0 Å². The molecule has 8 aromatic carbocycles. The van der Waals surface area contributed by atoms with Crippen LogP contribution >= 0.6 is 0 Å². The number of hydrogen-bond acceptors (Lipinski definition) is 11. The first-order valence-corrected chi connectivity index (χ1v) is 23.2. The van der Waals surface area contributed by atoms with E-state index in [0.29, 0.717) is 91.6 Å². The van der Waals surface area contributed by atoms with Crippen molar-refractivity contribution in [1.29, 1.82) is 0 Å². The second kappa shape index (κ2) is 23.7. The van der Waals surface area contributed by atoms with Crippen molar-refractivity contribution in [2.75, 3.05) is 31.9 Å². The zero-order valence-electron chi connectivity index (χ0n) is 40.8. The predicted molar refractivity (Wildman–Crippen MR) is 285 cm³/mol. The number of benzene rings is 8. The number of carbonyl (C=O) groups is 6. The molecule has 0 bridgehead atoms. The van der Waals surface area contributed by atoms with E-state index in [9.17, 15) is 28.8 Å². The minimum absolute atomic E-state index is 0.209. The van der Waals surface area contributed by atoms with Gasteiger partial charge >= 0.3 is 0 Å². The van der Waals surface area contributed by atoms with Gasteiger partial charge < -0.3 is 55.6 Å². The van der Waals surface area contributed by atoms with Crippen LogP contribution in [0.2, 0.25) is 0 Å². The Labute approximate surface area is 430 Å². The fourth-order valence-corrected chi connectivity index (χ4v) is 7.18. The van der Waals surface area contributed by atoms with Crippen molar-refractivity contribution < 1.29 is 52.5 Å². The predicted octanol–water partition coefficient (Wildman–Crippen LogP) is 13.0. The lowest BCUT2D eigenvalue weighted by molar-refractivity contribution is -0.115. The third kappa shape index (κ3) is 15.3. The summed E-state index contributed by atoms with van der Waals surface area (Å²) in [6.45, 7) is 5.66. The van der Waals surface area contributed by atoms with Gasteiger partial charge in [0.1, 0.15) is 57.5 Å². The van der Waals surface area contributed by atoms with Crippen LogP contribution in [0.1, 0.15) is 48.4 Å². The highest BCUT2D eigenvalue weighted by Crippen LogP contribution is 2.35. The highest BCUT2D eigenvalue weighted by atomic mass is 16.5. The average molecular weight is 1010 g/mol. The van der Waals surface area contributed by atoms with Crippen molar-refractivity contribution in [3.63, 3.8) is 0 Å². The van der Waals surface area contributed by atoms with Gasteiger partial charge in [-0.15, -0.1) is 0 Å². The molecule has 0 saturated carbocycles. The van der Waals surface area contributed by atoms with Crippen LogP contribution in [-0.2, 0) is 19.2 Å². The molecule has 0 atom stereocenters. The molecule has 6 N–H and O–H groups in total. The van der Waals surface area contributed by atoms with Crippen LogP contribution in [0.25, 0.3) is 0 Å². The SMILES string of the molecule is CC(=O)Nc1ccc(Oc2cc(Oc3ccc(NC(C)=O)cc3)cc(C(=O)Nc3ccc(Oc4ccc(NC(=O)c5cc(Oc6ccc(NC(C)=O)cc6)cc(Oc6ccc(NC(C)=O)cc6)c5)cc4)cc3)c2)cc1. The van der Waals surface area contributed by atoms with E-state index in [0.717, 1.165) is 0 Å². The second-order valence-corrected chi connectivity index (χ2v) is 16.7. The molecule has 0 unspecified atom stereocenters. The normalized spacial score (nSPS) is 10.5. The molecule has 17 nitrogen and oxygen atoms in total. The Morgan fingerprint density at radius 2 is 0.413 bits per heavy atom. The van der Waals surface area contributed by atoms with Gasteiger partial charge in [-0.3, -0.25) is 28.8 Å². The van der Waals surface area contributed by atoms with Crippen LogP contribution in [-0.4, -0.2) is 35.4 Å². The standard InChI is InChI=1S/C58H48N6O11/c1-35(65)59-41-5-17-49(18-6-41)72-53-29-39(30-54(33-53)73-50-19-7-42(8-20-50)60-36(2)66)57(69)63-45-13-25-47(26-14-45)71-48-27-15-46(16-28-48)64-58(70)40-31-55(74-51-21-9-43(10-22-51)61-37(3)67)34-56(32-40)75-52-23-11-44(12-24-52)62-38(4)68/h5-34H,1-4H3,(H,59,65)(H,60,66)(H,61,67)(H,62,68)(H,63,69)(H,64,70). The van der Waals surface area contributed by atoms with Gasteiger partial charge in [0.05, 0.1) is 0 Å². The summed E-state index contributed by atoms with van der Waals surface area (Å²) >= 11 is 0. The fourth-order valence-electron chi connectivity index (χ4n) is 7.18. The lowest BCUT2D eigenvalue weighted by atomic mass is 10.1. The Bertz CT molecular complexity index is 2980. The zero-order valence-corrected chi connectivity index (χ0v) is 40.8.